The van der Waals surface area contributed by atoms with Gasteiger partial charge in [0.2, 0.25) is 0 Å². The summed E-state index contributed by atoms with van der Waals surface area (Å²) in [4.78, 5) is 12.4. The average molecular weight is 346 g/mol. The molecule has 1 N–H and O–H groups in total. The maximum atomic E-state index is 12.4. The van der Waals surface area contributed by atoms with E-state index < -0.39 is 0 Å². The van der Waals surface area contributed by atoms with E-state index in [1.165, 1.54) is 11.1 Å². The van der Waals surface area contributed by atoms with E-state index in [0.29, 0.717) is 11.6 Å². The molecule has 0 heterocycles. The number of rotatable bonds is 7. The predicted molar refractivity (Wildman–Crippen MR) is 108 cm³/mol. The number of carbonyl (C=O) groups excluding carboxylic acids is 1. The highest BCUT2D eigenvalue weighted by molar-refractivity contribution is 6.09. The van der Waals surface area contributed by atoms with Crippen molar-refractivity contribution in [2.24, 2.45) is 0 Å². The molecule has 0 unspecified atom stereocenters. The lowest BCUT2D eigenvalue weighted by Crippen LogP contribution is -2.13. The predicted octanol–water partition coefficient (Wildman–Crippen LogP) is 5.70. The van der Waals surface area contributed by atoms with Crippen molar-refractivity contribution in [1.82, 2.24) is 0 Å². The zero-order valence-corrected chi connectivity index (χ0v) is 15.8. The van der Waals surface area contributed by atoms with Gasteiger partial charge in [0.25, 0.3) is 5.91 Å². The Morgan fingerprint density at radius 2 is 1.77 bits per heavy atom. The molecule has 0 radical (unpaired) electrons. The molecular formula is C23H26N2O. The van der Waals surface area contributed by atoms with Crippen molar-refractivity contribution in [3.05, 3.63) is 70.8 Å². The Morgan fingerprint density at radius 1 is 1.12 bits per heavy atom. The van der Waals surface area contributed by atoms with E-state index in [1.807, 2.05) is 54.6 Å². The summed E-state index contributed by atoms with van der Waals surface area (Å²) in [6.07, 6.45) is 4.98. The largest absolute Gasteiger partial charge is 0.321 e. The van der Waals surface area contributed by atoms with Gasteiger partial charge in [-0.25, -0.2) is 0 Å². The molecule has 2 rings (SSSR count). The van der Waals surface area contributed by atoms with Crippen LogP contribution in [0.4, 0.5) is 5.69 Å². The second kappa shape index (κ2) is 9.58. The van der Waals surface area contributed by atoms with Crippen LogP contribution < -0.4 is 5.32 Å². The van der Waals surface area contributed by atoms with Crippen molar-refractivity contribution in [1.29, 1.82) is 5.26 Å². The molecule has 0 saturated heterocycles. The topological polar surface area (TPSA) is 52.9 Å². The van der Waals surface area contributed by atoms with E-state index in [9.17, 15) is 10.1 Å². The van der Waals surface area contributed by atoms with Gasteiger partial charge in [-0.1, -0.05) is 63.6 Å². The van der Waals surface area contributed by atoms with Crippen LogP contribution in [0.5, 0.6) is 0 Å². The zero-order chi connectivity index (χ0) is 18.9. The van der Waals surface area contributed by atoms with E-state index in [1.54, 1.807) is 6.08 Å². The maximum Gasteiger partial charge on any atom is 0.266 e. The summed E-state index contributed by atoms with van der Waals surface area (Å²) in [5.74, 6) is 0.0637. The number of hydrogen-bond donors (Lipinski definition) is 1. The molecule has 1 amide bonds. The standard InChI is InChI=1S/C23H26N2O/c1-4-5-6-18-9-13-22(14-10-18)25-23(26)21(16-24)15-19-7-11-20(12-8-19)17(2)3/h7-15,17H,4-6H2,1-3H3,(H,25,26)/b21-15+. The van der Waals surface area contributed by atoms with Gasteiger partial charge in [-0.05, 0) is 53.7 Å². The first-order valence-electron chi connectivity index (χ1n) is 9.15. The van der Waals surface area contributed by atoms with Gasteiger partial charge in [-0.2, -0.15) is 5.26 Å². The van der Waals surface area contributed by atoms with Gasteiger partial charge >= 0.3 is 0 Å². The lowest BCUT2D eigenvalue weighted by molar-refractivity contribution is -0.112. The SMILES string of the molecule is CCCCc1ccc(NC(=O)/C(C#N)=C/c2ccc(C(C)C)cc2)cc1. The van der Waals surface area contributed by atoms with Crippen LogP contribution in [0.25, 0.3) is 6.08 Å². The molecule has 0 fully saturated rings. The van der Waals surface area contributed by atoms with Crippen molar-refractivity contribution in [2.45, 2.75) is 46.0 Å². The second-order valence-electron chi connectivity index (χ2n) is 6.75. The average Bonchev–Trinajstić information content (AvgIpc) is 2.65. The number of hydrogen-bond acceptors (Lipinski definition) is 2. The molecule has 0 spiro atoms. The van der Waals surface area contributed by atoms with E-state index in [4.69, 9.17) is 0 Å². The number of anilines is 1. The summed E-state index contributed by atoms with van der Waals surface area (Å²) < 4.78 is 0. The van der Waals surface area contributed by atoms with E-state index in [2.05, 4.69) is 26.1 Å². The van der Waals surface area contributed by atoms with Crippen LogP contribution in [0.1, 0.15) is 56.2 Å². The minimum absolute atomic E-state index is 0.0948. The fourth-order valence-electron chi connectivity index (χ4n) is 2.63. The van der Waals surface area contributed by atoms with Crippen molar-refractivity contribution in [2.75, 3.05) is 5.32 Å². The first kappa shape index (κ1) is 19.5. The quantitative estimate of drug-likeness (QED) is 0.516. The summed E-state index contributed by atoms with van der Waals surface area (Å²) in [5, 5.41) is 12.1. The van der Waals surface area contributed by atoms with Crippen molar-refractivity contribution in [3.8, 4) is 6.07 Å². The fraction of sp³-hybridized carbons (Fsp3) is 0.304. The third-order valence-corrected chi connectivity index (χ3v) is 4.31. The molecule has 0 bridgehead atoms. The van der Waals surface area contributed by atoms with E-state index in [0.717, 1.165) is 24.8 Å². The molecule has 3 nitrogen and oxygen atoms in total. The third kappa shape index (κ3) is 5.60. The molecule has 0 aliphatic rings. The van der Waals surface area contributed by atoms with Crippen LogP contribution in [0.3, 0.4) is 0 Å². The highest BCUT2D eigenvalue weighted by Crippen LogP contribution is 2.17. The van der Waals surface area contributed by atoms with Gasteiger partial charge in [0.15, 0.2) is 0 Å². The molecule has 134 valence electrons. The zero-order valence-electron chi connectivity index (χ0n) is 15.8. The van der Waals surface area contributed by atoms with Crippen LogP contribution in [0, 0.1) is 11.3 Å². The van der Waals surface area contributed by atoms with Gasteiger partial charge < -0.3 is 5.32 Å². The summed E-state index contributed by atoms with van der Waals surface area (Å²) in [7, 11) is 0. The molecule has 0 aromatic heterocycles. The number of amides is 1. The Morgan fingerprint density at radius 3 is 2.31 bits per heavy atom. The molecule has 0 aliphatic heterocycles. The molecule has 0 aliphatic carbocycles. The van der Waals surface area contributed by atoms with Gasteiger partial charge in [0.1, 0.15) is 11.6 Å². The Labute approximate surface area is 156 Å². The monoisotopic (exact) mass is 346 g/mol. The number of nitriles is 1. The highest BCUT2D eigenvalue weighted by Gasteiger charge is 2.10. The minimum Gasteiger partial charge on any atom is -0.321 e. The smallest absolute Gasteiger partial charge is 0.266 e. The van der Waals surface area contributed by atoms with Crippen LogP contribution >= 0.6 is 0 Å². The fourth-order valence-corrected chi connectivity index (χ4v) is 2.63. The van der Waals surface area contributed by atoms with Crippen molar-refractivity contribution < 1.29 is 4.79 Å². The number of unbranched alkanes of at least 4 members (excludes halogenated alkanes) is 1. The number of nitrogens with one attached hydrogen (secondary N) is 1. The van der Waals surface area contributed by atoms with Gasteiger partial charge in [-0.15, -0.1) is 0 Å². The molecule has 0 saturated carbocycles. The Hall–Kier alpha value is -2.86. The van der Waals surface area contributed by atoms with Gasteiger partial charge in [-0.3, -0.25) is 4.79 Å². The van der Waals surface area contributed by atoms with Gasteiger partial charge in [0, 0.05) is 5.69 Å². The van der Waals surface area contributed by atoms with Crippen LogP contribution in [-0.2, 0) is 11.2 Å². The van der Waals surface area contributed by atoms with Gasteiger partial charge in [0.05, 0.1) is 0 Å². The van der Waals surface area contributed by atoms with Crippen LogP contribution in [-0.4, -0.2) is 5.91 Å². The van der Waals surface area contributed by atoms with Crippen molar-refractivity contribution >= 4 is 17.7 Å². The number of carbonyl (C=O) groups is 1. The van der Waals surface area contributed by atoms with Crippen molar-refractivity contribution in [3.63, 3.8) is 0 Å². The number of benzene rings is 2. The molecular weight excluding hydrogens is 320 g/mol. The first-order valence-corrected chi connectivity index (χ1v) is 9.15. The molecule has 2 aromatic carbocycles. The minimum atomic E-state index is -0.387. The first-order chi connectivity index (χ1) is 12.5. The van der Waals surface area contributed by atoms with Crippen LogP contribution in [0.2, 0.25) is 0 Å². The maximum absolute atomic E-state index is 12.4. The molecule has 26 heavy (non-hydrogen) atoms. The lowest BCUT2D eigenvalue weighted by atomic mass is 10.0. The number of aryl methyl sites for hydroxylation is 1. The van der Waals surface area contributed by atoms with E-state index in [-0.39, 0.29) is 11.5 Å². The Balaban J connectivity index is 2.07. The van der Waals surface area contributed by atoms with E-state index >= 15 is 0 Å². The highest BCUT2D eigenvalue weighted by atomic mass is 16.1. The summed E-state index contributed by atoms with van der Waals surface area (Å²) >= 11 is 0. The van der Waals surface area contributed by atoms with Crippen LogP contribution in [0.15, 0.2) is 54.1 Å². The Bertz CT molecular complexity index is 794. The molecule has 3 heteroatoms. The summed E-state index contributed by atoms with van der Waals surface area (Å²) in [5.41, 5.74) is 4.12. The molecule has 2 aromatic rings. The summed E-state index contributed by atoms with van der Waals surface area (Å²) in [6.45, 7) is 6.43. The summed E-state index contributed by atoms with van der Waals surface area (Å²) in [6, 6.07) is 17.7. The third-order valence-electron chi connectivity index (χ3n) is 4.31. The second-order valence-corrected chi connectivity index (χ2v) is 6.75. The lowest BCUT2D eigenvalue weighted by Gasteiger charge is -2.07. The molecule has 0 atom stereocenters. The number of nitrogens with zero attached hydrogens (tertiary/aromatic N) is 1. The Kier molecular flexibility index (Phi) is 7.17. The normalized spacial score (nSPS) is 11.3.